The zero-order chi connectivity index (χ0) is 26.5. The van der Waals surface area contributed by atoms with Crippen molar-refractivity contribution in [1.82, 2.24) is 24.9 Å². The molecule has 0 unspecified atom stereocenters. The summed E-state index contributed by atoms with van der Waals surface area (Å²) in [6.45, 7) is 5.65. The molecule has 0 spiro atoms. The summed E-state index contributed by atoms with van der Waals surface area (Å²) in [4.78, 5) is 53.9. The van der Waals surface area contributed by atoms with Crippen LogP contribution in [0.3, 0.4) is 0 Å². The van der Waals surface area contributed by atoms with Crippen molar-refractivity contribution in [2.24, 2.45) is 11.8 Å². The van der Waals surface area contributed by atoms with E-state index in [9.17, 15) is 34.5 Å². The Labute approximate surface area is 213 Å². The van der Waals surface area contributed by atoms with Crippen LogP contribution in [0.2, 0.25) is 0 Å². The minimum Gasteiger partial charge on any atom is -0.480 e. The van der Waals surface area contributed by atoms with E-state index in [4.69, 9.17) is 0 Å². The molecule has 2 rings (SSSR count). The van der Waals surface area contributed by atoms with Crippen LogP contribution < -0.4 is 5.32 Å². The van der Waals surface area contributed by atoms with E-state index in [1.807, 2.05) is 4.90 Å². The zero-order valence-corrected chi connectivity index (χ0v) is 21.4. The molecule has 1 aliphatic carbocycles. The lowest BCUT2D eigenvalue weighted by Crippen LogP contribution is -2.50. The second kappa shape index (κ2) is 15.7. The Balaban J connectivity index is 2.01. The number of nitrogens with zero attached hydrogens (tertiary/aromatic N) is 4. The number of carbonyl (C=O) groups excluding carboxylic acids is 1. The molecule has 1 saturated heterocycles. The number of hydrogen-bond donors (Lipinski definition) is 4. The van der Waals surface area contributed by atoms with Gasteiger partial charge >= 0.3 is 17.9 Å². The Hall–Kier alpha value is -2.28. The van der Waals surface area contributed by atoms with Gasteiger partial charge in [0.2, 0.25) is 5.91 Å². The number of carbonyl (C=O) groups is 4. The molecule has 12 nitrogen and oxygen atoms in total. The standard InChI is InChI=1S/C24H43N5O7/c1-19-2-4-20(5-3-19)14-25-21(30)15-26-6-8-27(16-22(31)32)10-12-29(18-24(35)36)13-11-28(9-7-26)17-23(33)34/h19-20H,2-18H2,1H3,(H,25,30)(H,31,32)(H,33,34)(H,35,36). The highest BCUT2D eigenvalue weighted by molar-refractivity contribution is 5.78. The summed E-state index contributed by atoms with van der Waals surface area (Å²) in [7, 11) is 0. The average Bonchev–Trinajstić information content (AvgIpc) is 2.79. The smallest absolute Gasteiger partial charge is 0.317 e. The Morgan fingerprint density at radius 3 is 1.28 bits per heavy atom. The van der Waals surface area contributed by atoms with Crippen LogP contribution in [0.5, 0.6) is 0 Å². The molecular formula is C24H43N5O7. The summed E-state index contributed by atoms with van der Waals surface area (Å²) in [5, 5.41) is 30.9. The molecule has 4 N–H and O–H groups in total. The predicted molar refractivity (Wildman–Crippen MR) is 133 cm³/mol. The molecule has 1 aliphatic heterocycles. The maximum Gasteiger partial charge on any atom is 0.317 e. The minimum atomic E-state index is -0.989. The molecule has 0 bridgehead atoms. The van der Waals surface area contributed by atoms with Gasteiger partial charge in [-0.2, -0.15) is 0 Å². The van der Waals surface area contributed by atoms with Crippen LogP contribution in [0.15, 0.2) is 0 Å². The summed E-state index contributed by atoms with van der Waals surface area (Å²) < 4.78 is 0. The predicted octanol–water partition coefficient (Wildman–Crippen LogP) is -0.596. The van der Waals surface area contributed by atoms with Gasteiger partial charge in [0.05, 0.1) is 26.2 Å². The number of rotatable bonds is 10. The zero-order valence-electron chi connectivity index (χ0n) is 21.4. The van der Waals surface area contributed by atoms with Crippen molar-refractivity contribution >= 4 is 23.8 Å². The van der Waals surface area contributed by atoms with Gasteiger partial charge in [0, 0.05) is 58.9 Å². The molecule has 36 heavy (non-hydrogen) atoms. The maximum atomic E-state index is 12.7. The molecule has 12 heteroatoms. The van der Waals surface area contributed by atoms with Crippen molar-refractivity contribution < 1.29 is 34.5 Å². The second-order valence-corrected chi connectivity index (χ2v) is 10.2. The van der Waals surface area contributed by atoms with Crippen LogP contribution >= 0.6 is 0 Å². The van der Waals surface area contributed by atoms with Crippen molar-refractivity contribution in [2.45, 2.75) is 32.6 Å². The van der Waals surface area contributed by atoms with Gasteiger partial charge in [-0.15, -0.1) is 0 Å². The van der Waals surface area contributed by atoms with Crippen LogP contribution in [0, 0.1) is 11.8 Å². The van der Waals surface area contributed by atoms with Crippen molar-refractivity contribution in [3.05, 3.63) is 0 Å². The first-order valence-corrected chi connectivity index (χ1v) is 12.9. The SMILES string of the molecule is CC1CCC(CNC(=O)CN2CCN(CC(=O)O)CCN(CC(=O)O)CCN(CC(=O)O)CC2)CC1. The first-order chi connectivity index (χ1) is 17.1. The van der Waals surface area contributed by atoms with Gasteiger partial charge in [0.25, 0.3) is 0 Å². The van der Waals surface area contributed by atoms with E-state index < -0.39 is 17.9 Å². The molecule has 2 fully saturated rings. The number of carboxylic acid groups (broad SMARTS) is 3. The number of hydrogen-bond acceptors (Lipinski definition) is 8. The number of nitrogens with one attached hydrogen (secondary N) is 1. The van der Waals surface area contributed by atoms with E-state index in [1.165, 1.54) is 12.8 Å². The highest BCUT2D eigenvalue weighted by Crippen LogP contribution is 2.27. The van der Waals surface area contributed by atoms with Crippen molar-refractivity contribution in [2.75, 3.05) is 85.1 Å². The van der Waals surface area contributed by atoms with Gasteiger partial charge in [-0.3, -0.25) is 38.8 Å². The summed E-state index contributed by atoms with van der Waals surface area (Å²) in [5.41, 5.74) is 0. The fraction of sp³-hybridized carbons (Fsp3) is 0.833. The molecule has 0 atom stereocenters. The molecule has 0 radical (unpaired) electrons. The van der Waals surface area contributed by atoms with Gasteiger partial charge in [0.15, 0.2) is 0 Å². The van der Waals surface area contributed by atoms with Crippen molar-refractivity contribution in [3.8, 4) is 0 Å². The third-order valence-electron chi connectivity index (χ3n) is 7.10. The molecule has 0 aromatic rings. The number of amides is 1. The van der Waals surface area contributed by atoms with E-state index in [-0.39, 0.29) is 32.1 Å². The molecular weight excluding hydrogens is 470 g/mol. The third kappa shape index (κ3) is 12.6. The minimum absolute atomic E-state index is 0.0806. The Kier molecular flexibility index (Phi) is 13.1. The summed E-state index contributed by atoms with van der Waals surface area (Å²) >= 11 is 0. The first-order valence-electron chi connectivity index (χ1n) is 12.9. The third-order valence-corrected chi connectivity index (χ3v) is 7.10. The van der Waals surface area contributed by atoms with Gasteiger partial charge in [-0.25, -0.2) is 0 Å². The fourth-order valence-electron chi connectivity index (χ4n) is 4.84. The van der Waals surface area contributed by atoms with Crippen LogP contribution in [0.4, 0.5) is 0 Å². The molecule has 2 aliphatic rings. The Morgan fingerprint density at radius 1 is 0.611 bits per heavy atom. The fourth-order valence-corrected chi connectivity index (χ4v) is 4.84. The molecule has 0 aromatic carbocycles. The van der Waals surface area contributed by atoms with E-state index in [2.05, 4.69) is 12.2 Å². The normalized spacial score (nSPS) is 24.4. The lowest BCUT2D eigenvalue weighted by atomic mass is 9.83. The quantitative estimate of drug-likeness (QED) is 0.296. The molecule has 1 saturated carbocycles. The van der Waals surface area contributed by atoms with E-state index in [1.54, 1.807) is 14.7 Å². The van der Waals surface area contributed by atoms with Gasteiger partial charge in [-0.05, 0) is 24.7 Å². The number of carboxylic acids is 3. The van der Waals surface area contributed by atoms with E-state index >= 15 is 0 Å². The van der Waals surface area contributed by atoms with E-state index in [0.29, 0.717) is 64.8 Å². The van der Waals surface area contributed by atoms with Crippen LogP contribution in [0.1, 0.15) is 32.6 Å². The Bertz CT molecular complexity index is 698. The maximum absolute atomic E-state index is 12.7. The molecule has 206 valence electrons. The lowest BCUT2D eigenvalue weighted by molar-refractivity contribution is -0.140. The van der Waals surface area contributed by atoms with Gasteiger partial charge in [0.1, 0.15) is 0 Å². The van der Waals surface area contributed by atoms with Gasteiger partial charge < -0.3 is 20.6 Å². The average molecular weight is 514 g/mol. The summed E-state index contributed by atoms with van der Waals surface area (Å²) in [6, 6.07) is 0. The molecule has 1 amide bonds. The monoisotopic (exact) mass is 513 g/mol. The highest BCUT2D eigenvalue weighted by Gasteiger charge is 2.22. The highest BCUT2D eigenvalue weighted by atomic mass is 16.4. The molecule has 0 aromatic heterocycles. The number of aliphatic carboxylic acids is 3. The first kappa shape index (κ1) is 29.9. The van der Waals surface area contributed by atoms with Crippen molar-refractivity contribution in [1.29, 1.82) is 0 Å². The van der Waals surface area contributed by atoms with Crippen molar-refractivity contribution in [3.63, 3.8) is 0 Å². The topological polar surface area (TPSA) is 154 Å². The Morgan fingerprint density at radius 2 is 0.944 bits per heavy atom. The summed E-state index contributed by atoms with van der Waals surface area (Å²) in [6.07, 6.45) is 4.63. The van der Waals surface area contributed by atoms with Crippen LogP contribution in [-0.4, -0.2) is 144 Å². The summed E-state index contributed by atoms with van der Waals surface area (Å²) in [5.74, 6) is -1.75. The second-order valence-electron chi connectivity index (χ2n) is 10.2. The van der Waals surface area contributed by atoms with Crippen LogP contribution in [0.25, 0.3) is 0 Å². The molecule has 1 heterocycles. The van der Waals surface area contributed by atoms with Gasteiger partial charge in [-0.1, -0.05) is 19.8 Å². The van der Waals surface area contributed by atoms with E-state index in [0.717, 1.165) is 18.8 Å². The lowest BCUT2D eigenvalue weighted by Gasteiger charge is -2.33. The van der Waals surface area contributed by atoms with Crippen LogP contribution in [-0.2, 0) is 19.2 Å². The largest absolute Gasteiger partial charge is 0.480 e.